The lowest BCUT2D eigenvalue weighted by molar-refractivity contribution is -0.142. The molecule has 1 heterocycles. The van der Waals surface area contributed by atoms with Gasteiger partial charge in [-0.3, -0.25) is 14.5 Å². The van der Waals surface area contributed by atoms with Gasteiger partial charge < -0.3 is 16.4 Å². The standard InChI is InChI=1S/C16H30N4O2/c1-15(2,14(17)22)20-10-8-19(9-11-20)13(21)12-6-4-5-7-16(12,3)18/h12H,4-11,18H2,1-3H3,(H2,17,22). The van der Waals surface area contributed by atoms with Gasteiger partial charge in [-0.05, 0) is 33.6 Å². The van der Waals surface area contributed by atoms with Crippen molar-refractivity contribution in [1.82, 2.24) is 9.80 Å². The van der Waals surface area contributed by atoms with Crippen molar-refractivity contribution < 1.29 is 9.59 Å². The second kappa shape index (κ2) is 6.16. The molecule has 4 N–H and O–H groups in total. The lowest BCUT2D eigenvalue weighted by Gasteiger charge is -2.45. The Morgan fingerprint density at radius 3 is 2.23 bits per heavy atom. The number of carbonyl (C=O) groups is 2. The molecule has 1 saturated carbocycles. The number of nitrogens with two attached hydrogens (primary N) is 2. The number of amides is 2. The zero-order valence-corrected chi connectivity index (χ0v) is 14.1. The van der Waals surface area contributed by atoms with Crippen molar-refractivity contribution in [3.63, 3.8) is 0 Å². The minimum Gasteiger partial charge on any atom is -0.368 e. The molecule has 2 fully saturated rings. The number of rotatable bonds is 3. The van der Waals surface area contributed by atoms with E-state index in [1.807, 2.05) is 25.7 Å². The molecule has 0 spiro atoms. The Morgan fingerprint density at radius 1 is 1.14 bits per heavy atom. The summed E-state index contributed by atoms with van der Waals surface area (Å²) in [5, 5.41) is 0. The number of hydrogen-bond donors (Lipinski definition) is 2. The quantitative estimate of drug-likeness (QED) is 0.784. The van der Waals surface area contributed by atoms with Crippen LogP contribution in [0.2, 0.25) is 0 Å². The monoisotopic (exact) mass is 310 g/mol. The Kier molecular flexibility index (Phi) is 4.82. The summed E-state index contributed by atoms with van der Waals surface area (Å²) in [4.78, 5) is 28.3. The molecule has 6 nitrogen and oxygen atoms in total. The van der Waals surface area contributed by atoms with Crippen LogP contribution >= 0.6 is 0 Å². The maximum Gasteiger partial charge on any atom is 0.237 e. The van der Waals surface area contributed by atoms with Crippen molar-refractivity contribution in [3.8, 4) is 0 Å². The van der Waals surface area contributed by atoms with E-state index in [1.54, 1.807) is 0 Å². The molecular formula is C16H30N4O2. The van der Waals surface area contributed by atoms with Crippen molar-refractivity contribution in [2.45, 2.75) is 57.5 Å². The maximum absolute atomic E-state index is 12.8. The maximum atomic E-state index is 12.8. The molecule has 126 valence electrons. The van der Waals surface area contributed by atoms with Gasteiger partial charge in [0.25, 0.3) is 0 Å². The summed E-state index contributed by atoms with van der Waals surface area (Å²) < 4.78 is 0. The number of hydrogen-bond acceptors (Lipinski definition) is 4. The first-order valence-corrected chi connectivity index (χ1v) is 8.29. The van der Waals surface area contributed by atoms with E-state index in [-0.39, 0.29) is 23.3 Å². The minimum atomic E-state index is -0.664. The van der Waals surface area contributed by atoms with Gasteiger partial charge in [0.05, 0.1) is 11.5 Å². The third-order valence-corrected chi connectivity index (χ3v) is 5.54. The molecule has 22 heavy (non-hydrogen) atoms. The largest absolute Gasteiger partial charge is 0.368 e. The van der Waals surface area contributed by atoms with Gasteiger partial charge in [-0.25, -0.2) is 0 Å². The van der Waals surface area contributed by atoms with Crippen LogP contribution in [0.15, 0.2) is 0 Å². The third-order valence-electron chi connectivity index (χ3n) is 5.54. The van der Waals surface area contributed by atoms with E-state index < -0.39 is 5.54 Å². The fourth-order valence-corrected chi connectivity index (χ4v) is 3.63. The summed E-state index contributed by atoms with van der Waals surface area (Å²) in [7, 11) is 0. The molecule has 1 aliphatic heterocycles. The normalized spacial score (nSPS) is 31.1. The number of carbonyl (C=O) groups excluding carboxylic acids is 2. The molecule has 0 radical (unpaired) electrons. The molecule has 0 aromatic heterocycles. The number of nitrogens with zero attached hydrogens (tertiary/aromatic N) is 2. The highest BCUT2D eigenvalue weighted by Gasteiger charge is 2.41. The first-order valence-electron chi connectivity index (χ1n) is 8.29. The Bertz CT molecular complexity index is 439. The Morgan fingerprint density at radius 2 is 1.73 bits per heavy atom. The van der Waals surface area contributed by atoms with Gasteiger partial charge in [0, 0.05) is 31.7 Å². The molecule has 0 aromatic carbocycles. The van der Waals surface area contributed by atoms with Crippen LogP contribution in [0.3, 0.4) is 0 Å². The first kappa shape index (κ1) is 17.2. The number of primary amides is 1. The van der Waals surface area contributed by atoms with Crippen LogP contribution in [0.5, 0.6) is 0 Å². The van der Waals surface area contributed by atoms with Crippen LogP contribution in [0.1, 0.15) is 46.5 Å². The molecule has 2 amide bonds. The van der Waals surface area contributed by atoms with Crippen molar-refractivity contribution >= 4 is 11.8 Å². The van der Waals surface area contributed by atoms with E-state index in [9.17, 15) is 9.59 Å². The van der Waals surface area contributed by atoms with Crippen molar-refractivity contribution in [2.24, 2.45) is 17.4 Å². The molecule has 2 rings (SSSR count). The van der Waals surface area contributed by atoms with Crippen LogP contribution in [0.25, 0.3) is 0 Å². The summed E-state index contributed by atoms with van der Waals surface area (Å²) in [5.41, 5.74) is 10.8. The van der Waals surface area contributed by atoms with Crippen LogP contribution in [0, 0.1) is 5.92 Å². The SMILES string of the molecule is CC1(N)CCCCC1C(=O)N1CCN(C(C)(C)C(N)=O)CC1. The molecule has 2 aliphatic rings. The van der Waals surface area contributed by atoms with E-state index in [2.05, 4.69) is 4.90 Å². The summed E-state index contributed by atoms with van der Waals surface area (Å²) in [6.45, 7) is 8.31. The second-order valence-electron chi connectivity index (χ2n) is 7.54. The molecule has 2 unspecified atom stereocenters. The summed E-state index contributed by atoms with van der Waals surface area (Å²) in [6, 6.07) is 0. The summed E-state index contributed by atoms with van der Waals surface area (Å²) in [6.07, 6.45) is 3.99. The van der Waals surface area contributed by atoms with E-state index in [0.717, 1.165) is 25.7 Å². The van der Waals surface area contributed by atoms with E-state index in [1.165, 1.54) is 0 Å². The van der Waals surface area contributed by atoms with E-state index >= 15 is 0 Å². The lowest BCUT2D eigenvalue weighted by atomic mass is 9.74. The number of piperazine rings is 1. The van der Waals surface area contributed by atoms with Gasteiger partial charge in [-0.1, -0.05) is 12.8 Å². The molecular weight excluding hydrogens is 280 g/mol. The van der Waals surface area contributed by atoms with Crippen molar-refractivity contribution in [3.05, 3.63) is 0 Å². The zero-order valence-electron chi connectivity index (χ0n) is 14.1. The fraction of sp³-hybridized carbons (Fsp3) is 0.875. The highest BCUT2D eigenvalue weighted by atomic mass is 16.2. The fourth-order valence-electron chi connectivity index (χ4n) is 3.63. The molecule has 0 bridgehead atoms. The lowest BCUT2D eigenvalue weighted by Crippen LogP contribution is -2.62. The van der Waals surface area contributed by atoms with Gasteiger partial charge in [-0.15, -0.1) is 0 Å². The van der Waals surface area contributed by atoms with Gasteiger partial charge in [0.15, 0.2) is 0 Å². The highest BCUT2D eigenvalue weighted by Crippen LogP contribution is 2.33. The van der Waals surface area contributed by atoms with Crippen LogP contribution < -0.4 is 11.5 Å². The summed E-state index contributed by atoms with van der Waals surface area (Å²) >= 11 is 0. The van der Waals surface area contributed by atoms with Crippen molar-refractivity contribution in [1.29, 1.82) is 0 Å². The Hall–Kier alpha value is -1.14. The second-order valence-corrected chi connectivity index (χ2v) is 7.54. The summed E-state index contributed by atoms with van der Waals surface area (Å²) in [5.74, 6) is -0.215. The molecule has 1 aliphatic carbocycles. The average Bonchev–Trinajstić information content (AvgIpc) is 2.46. The van der Waals surface area contributed by atoms with Gasteiger partial charge in [0.1, 0.15) is 0 Å². The van der Waals surface area contributed by atoms with Crippen LogP contribution in [-0.4, -0.2) is 58.9 Å². The Balaban J connectivity index is 1.97. The predicted octanol–water partition coefficient (Wildman–Crippen LogP) is 0.302. The average molecular weight is 310 g/mol. The molecule has 0 aromatic rings. The van der Waals surface area contributed by atoms with Crippen molar-refractivity contribution in [2.75, 3.05) is 26.2 Å². The smallest absolute Gasteiger partial charge is 0.237 e. The molecule has 2 atom stereocenters. The third kappa shape index (κ3) is 3.27. The molecule has 1 saturated heterocycles. The minimum absolute atomic E-state index is 0.0723. The first-order chi connectivity index (χ1) is 10.2. The van der Waals surface area contributed by atoms with E-state index in [4.69, 9.17) is 11.5 Å². The Labute approximate surface area is 133 Å². The van der Waals surface area contributed by atoms with Gasteiger partial charge in [-0.2, -0.15) is 0 Å². The van der Waals surface area contributed by atoms with Gasteiger partial charge in [0.2, 0.25) is 11.8 Å². The van der Waals surface area contributed by atoms with E-state index in [0.29, 0.717) is 26.2 Å². The topological polar surface area (TPSA) is 92.7 Å². The molecule has 6 heteroatoms. The van der Waals surface area contributed by atoms with Crippen LogP contribution in [-0.2, 0) is 9.59 Å². The predicted molar refractivity (Wildman–Crippen MR) is 86.0 cm³/mol. The van der Waals surface area contributed by atoms with Gasteiger partial charge >= 0.3 is 0 Å². The van der Waals surface area contributed by atoms with Crippen LogP contribution in [0.4, 0.5) is 0 Å². The zero-order chi connectivity index (χ0) is 16.5. The highest BCUT2D eigenvalue weighted by molar-refractivity contribution is 5.84.